The summed E-state index contributed by atoms with van der Waals surface area (Å²) in [5.41, 5.74) is 3.47. The van der Waals surface area contributed by atoms with Gasteiger partial charge in [0, 0.05) is 37.1 Å². The number of anilines is 2. The van der Waals surface area contributed by atoms with E-state index >= 15 is 0 Å². The van der Waals surface area contributed by atoms with Crippen LogP contribution in [0.15, 0.2) is 48.8 Å². The molecule has 1 N–H and O–H groups in total. The molecule has 2 aromatic carbocycles. The van der Waals surface area contributed by atoms with Crippen LogP contribution in [-0.4, -0.2) is 48.2 Å². The molecule has 0 bridgehead atoms. The highest BCUT2D eigenvalue weighted by Crippen LogP contribution is 2.32. The summed E-state index contributed by atoms with van der Waals surface area (Å²) in [4.78, 5) is 16.8. The number of fused-ring (bicyclic) bond motifs is 3. The molecule has 0 unspecified atom stereocenters. The van der Waals surface area contributed by atoms with Crippen LogP contribution in [0, 0.1) is 5.82 Å². The summed E-state index contributed by atoms with van der Waals surface area (Å²) in [7, 11) is 1.66. The predicted octanol–water partition coefficient (Wildman–Crippen LogP) is 3.59. The summed E-state index contributed by atoms with van der Waals surface area (Å²) in [5, 5.41) is 1.02. The van der Waals surface area contributed by atoms with Crippen LogP contribution in [-0.2, 0) is 0 Å². The lowest BCUT2D eigenvalue weighted by atomic mass is 10.2. The molecule has 0 spiro atoms. The number of halogens is 1. The van der Waals surface area contributed by atoms with Gasteiger partial charge < -0.3 is 19.5 Å². The molecule has 6 nitrogen and oxygen atoms in total. The number of hydrogen-bond donors (Lipinski definition) is 1. The number of piperazine rings is 1. The van der Waals surface area contributed by atoms with E-state index in [4.69, 9.17) is 4.74 Å². The van der Waals surface area contributed by atoms with E-state index < -0.39 is 0 Å². The van der Waals surface area contributed by atoms with Gasteiger partial charge in [-0.25, -0.2) is 14.4 Å². The minimum atomic E-state index is -0.176. The Morgan fingerprint density at radius 3 is 2.57 bits per heavy atom. The second-order valence-electron chi connectivity index (χ2n) is 6.88. The maximum atomic E-state index is 14.1. The Morgan fingerprint density at radius 1 is 1.00 bits per heavy atom. The van der Waals surface area contributed by atoms with Crippen LogP contribution in [0.5, 0.6) is 5.75 Å². The van der Waals surface area contributed by atoms with E-state index in [1.165, 1.54) is 6.07 Å². The molecular formula is C21H20FN5O. The minimum Gasteiger partial charge on any atom is -0.497 e. The van der Waals surface area contributed by atoms with Gasteiger partial charge in [0.25, 0.3) is 0 Å². The van der Waals surface area contributed by atoms with Crippen molar-refractivity contribution in [2.75, 3.05) is 43.1 Å². The molecule has 0 saturated carbocycles. The standard InChI is InChI=1S/C21H20FN5O/c1-28-14-6-7-17-15(12-14)19-20(25-17)21(24-13-23-19)27-10-8-26(9-11-27)18-5-3-2-4-16(18)22/h2-7,12-13,25H,8-11H2,1H3. The fraction of sp³-hybridized carbons (Fsp3) is 0.238. The molecule has 1 fully saturated rings. The van der Waals surface area contributed by atoms with E-state index in [1.54, 1.807) is 19.5 Å². The first-order chi connectivity index (χ1) is 13.7. The van der Waals surface area contributed by atoms with Gasteiger partial charge in [-0.05, 0) is 30.3 Å². The van der Waals surface area contributed by atoms with Crippen LogP contribution < -0.4 is 14.5 Å². The van der Waals surface area contributed by atoms with Gasteiger partial charge in [-0.1, -0.05) is 12.1 Å². The summed E-state index contributed by atoms with van der Waals surface area (Å²) < 4.78 is 19.4. The van der Waals surface area contributed by atoms with Crippen molar-refractivity contribution in [2.45, 2.75) is 0 Å². The highest BCUT2D eigenvalue weighted by atomic mass is 19.1. The second kappa shape index (κ2) is 6.67. The first-order valence-electron chi connectivity index (χ1n) is 9.29. The van der Waals surface area contributed by atoms with E-state index in [9.17, 15) is 4.39 Å². The van der Waals surface area contributed by atoms with Crippen LogP contribution in [0.25, 0.3) is 21.9 Å². The Morgan fingerprint density at radius 2 is 1.79 bits per heavy atom. The number of aromatic nitrogens is 3. The third-order valence-corrected chi connectivity index (χ3v) is 5.34. The number of rotatable bonds is 3. The Kier molecular flexibility index (Phi) is 4.00. The molecular weight excluding hydrogens is 357 g/mol. The van der Waals surface area contributed by atoms with Crippen LogP contribution >= 0.6 is 0 Å². The Hall–Kier alpha value is -3.35. The number of methoxy groups -OCH3 is 1. The third kappa shape index (κ3) is 2.70. The van der Waals surface area contributed by atoms with Crippen LogP contribution in [0.4, 0.5) is 15.9 Å². The number of benzene rings is 2. The zero-order chi connectivity index (χ0) is 19.1. The molecule has 1 aliphatic heterocycles. The van der Waals surface area contributed by atoms with E-state index in [-0.39, 0.29) is 5.82 Å². The number of nitrogens with one attached hydrogen (secondary N) is 1. The van der Waals surface area contributed by atoms with Gasteiger partial charge >= 0.3 is 0 Å². The number of aromatic amines is 1. The SMILES string of the molecule is COc1ccc2[nH]c3c(N4CCN(c5ccccc5F)CC4)ncnc3c2c1. The van der Waals surface area contributed by atoms with Crippen LogP contribution in [0.3, 0.4) is 0 Å². The number of H-pyrrole nitrogens is 1. The topological polar surface area (TPSA) is 57.3 Å². The maximum Gasteiger partial charge on any atom is 0.156 e. The molecule has 142 valence electrons. The normalized spacial score (nSPS) is 14.8. The van der Waals surface area contributed by atoms with E-state index in [0.717, 1.165) is 59.7 Å². The number of nitrogens with zero attached hydrogens (tertiary/aromatic N) is 4. The highest BCUT2D eigenvalue weighted by Gasteiger charge is 2.23. The van der Waals surface area contributed by atoms with Crippen molar-refractivity contribution in [1.82, 2.24) is 15.0 Å². The monoisotopic (exact) mass is 377 g/mol. The maximum absolute atomic E-state index is 14.1. The average Bonchev–Trinajstić information content (AvgIpc) is 3.12. The first-order valence-corrected chi connectivity index (χ1v) is 9.29. The summed E-state index contributed by atoms with van der Waals surface area (Å²) in [6, 6.07) is 12.8. The molecule has 0 atom stereocenters. The van der Waals surface area contributed by atoms with E-state index in [0.29, 0.717) is 5.69 Å². The number of hydrogen-bond acceptors (Lipinski definition) is 5. The molecule has 2 aromatic heterocycles. The van der Waals surface area contributed by atoms with Gasteiger partial charge in [0.15, 0.2) is 5.82 Å². The van der Waals surface area contributed by atoms with Crippen molar-refractivity contribution in [3.05, 3.63) is 54.6 Å². The zero-order valence-corrected chi connectivity index (χ0v) is 15.5. The fourth-order valence-electron chi connectivity index (χ4n) is 3.89. The smallest absolute Gasteiger partial charge is 0.156 e. The predicted molar refractivity (Wildman–Crippen MR) is 109 cm³/mol. The van der Waals surface area contributed by atoms with Gasteiger partial charge in [-0.15, -0.1) is 0 Å². The largest absolute Gasteiger partial charge is 0.497 e. The van der Waals surface area contributed by atoms with Crippen LogP contribution in [0.1, 0.15) is 0 Å². The Balaban J connectivity index is 1.46. The van der Waals surface area contributed by atoms with Crippen molar-refractivity contribution < 1.29 is 9.13 Å². The van der Waals surface area contributed by atoms with Gasteiger partial charge in [0.2, 0.25) is 0 Å². The Bertz CT molecular complexity index is 1150. The van der Waals surface area contributed by atoms with E-state index in [2.05, 4.69) is 24.8 Å². The van der Waals surface area contributed by atoms with Crippen molar-refractivity contribution in [3.63, 3.8) is 0 Å². The molecule has 0 amide bonds. The lowest BCUT2D eigenvalue weighted by Crippen LogP contribution is -2.47. The summed E-state index contributed by atoms with van der Waals surface area (Å²) >= 11 is 0. The first kappa shape index (κ1) is 16.8. The summed E-state index contributed by atoms with van der Waals surface area (Å²) in [6.45, 7) is 3.00. The van der Waals surface area contributed by atoms with Crippen molar-refractivity contribution in [2.24, 2.45) is 0 Å². The van der Waals surface area contributed by atoms with Gasteiger partial charge in [-0.2, -0.15) is 0 Å². The highest BCUT2D eigenvalue weighted by molar-refractivity contribution is 6.08. The number of ether oxygens (including phenoxy) is 1. The third-order valence-electron chi connectivity index (χ3n) is 5.34. The van der Waals surface area contributed by atoms with Crippen molar-refractivity contribution in [1.29, 1.82) is 0 Å². The lowest BCUT2D eigenvalue weighted by Gasteiger charge is -2.36. The van der Waals surface area contributed by atoms with Crippen LogP contribution in [0.2, 0.25) is 0 Å². The summed E-state index contributed by atoms with van der Waals surface area (Å²) in [6.07, 6.45) is 1.60. The molecule has 0 radical (unpaired) electrons. The molecule has 4 aromatic rings. The molecule has 3 heterocycles. The van der Waals surface area contributed by atoms with Crippen molar-refractivity contribution >= 4 is 33.4 Å². The Labute approximate surface area is 161 Å². The quantitative estimate of drug-likeness (QED) is 0.591. The fourth-order valence-corrected chi connectivity index (χ4v) is 3.89. The molecule has 0 aliphatic carbocycles. The summed E-state index contributed by atoms with van der Waals surface area (Å²) in [5.74, 6) is 1.50. The molecule has 7 heteroatoms. The average molecular weight is 377 g/mol. The molecule has 1 aliphatic rings. The molecule has 5 rings (SSSR count). The van der Waals surface area contributed by atoms with Gasteiger partial charge in [0.1, 0.15) is 28.9 Å². The van der Waals surface area contributed by atoms with E-state index in [1.807, 2.05) is 30.3 Å². The minimum absolute atomic E-state index is 0.176. The van der Waals surface area contributed by atoms with Gasteiger partial charge in [0.05, 0.1) is 12.8 Å². The lowest BCUT2D eigenvalue weighted by molar-refractivity contribution is 0.415. The van der Waals surface area contributed by atoms with Crippen molar-refractivity contribution in [3.8, 4) is 5.75 Å². The molecule has 28 heavy (non-hydrogen) atoms. The van der Waals surface area contributed by atoms with Gasteiger partial charge in [-0.3, -0.25) is 0 Å². The number of para-hydroxylation sites is 1. The second-order valence-corrected chi connectivity index (χ2v) is 6.88. The zero-order valence-electron chi connectivity index (χ0n) is 15.5. The molecule has 1 saturated heterocycles.